The molecule has 198 valence electrons. The van der Waals surface area contributed by atoms with Crippen LogP contribution in [0.2, 0.25) is 0 Å². The molecule has 1 aliphatic rings. The number of hydrogen-bond acceptors (Lipinski definition) is 5. The molecule has 0 bridgehead atoms. The number of pyridine rings is 1. The molecule has 4 aromatic rings. The van der Waals surface area contributed by atoms with Crippen molar-refractivity contribution < 1.29 is 14.0 Å². The Morgan fingerprint density at radius 1 is 1.08 bits per heavy atom. The zero-order valence-electron chi connectivity index (χ0n) is 22.2. The minimum atomic E-state index is -0.324. The number of halogens is 1. The lowest BCUT2D eigenvalue weighted by molar-refractivity contribution is 0.0468. The number of para-hydroxylation sites is 1. The van der Waals surface area contributed by atoms with Crippen LogP contribution in [-0.4, -0.2) is 45.3 Å². The van der Waals surface area contributed by atoms with Crippen molar-refractivity contribution in [3.05, 3.63) is 82.9 Å². The number of carbonyl (C=O) groups excluding carboxylic acids is 2. The lowest BCUT2D eigenvalue weighted by Gasteiger charge is -2.40. The number of nitrogens with one attached hydrogen (secondary N) is 1. The van der Waals surface area contributed by atoms with Crippen LogP contribution in [0.4, 0.5) is 4.39 Å². The van der Waals surface area contributed by atoms with Crippen molar-refractivity contribution in [1.29, 1.82) is 0 Å². The van der Waals surface area contributed by atoms with Crippen LogP contribution in [0.5, 0.6) is 0 Å². The van der Waals surface area contributed by atoms with Gasteiger partial charge in [-0.05, 0) is 62.9 Å². The third-order valence-corrected chi connectivity index (χ3v) is 7.70. The molecule has 2 aromatic heterocycles. The van der Waals surface area contributed by atoms with Gasteiger partial charge in [0.2, 0.25) is 0 Å². The Morgan fingerprint density at radius 3 is 2.58 bits per heavy atom. The molecule has 5 rings (SSSR count). The fraction of sp³-hybridized carbons (Fsp3) is 0.333. The quantitative estimate of drug-likeness (QED) is 0.312. The van der Waals surface area contributed by atoms with Gasteiger partial charge >= 0.3 is 0 Å². The molecule has 2 atom stereocenters. The summed E-state index contributed by atoms with van der Waals surface area (Å²) in [4.78, 5) is 38.5. The average Bonchev–Trinajstić information content (AvgIpc) is 3.34. The number of piperidine rings is 1. The highest BCUT2D eigenvalue weighted by molar-refractivity contribution is 7.15. The molecular weight excluding hydrogens is 499 g/mol. The summed E-state index contributed by atoms with van der Waals surface area (Å²) in [5.74, 6) is -0.687. The van der Waals surface area contributed by atoms with Crippen LogP contribution in [-0.2, 0) is 0 Å². The molecular formula is C30H33FN4O2S. The lowest BCUT2D eigenvalue weighted by atomic mass is 9.95. The van der Waals surface area contributed by atoms with Crippen molar-refractivity contribution in [3.8, 4) is 10.4 Å². The molecule has 0 radical (unpaired) electrons. The number of carbonyl (C=O) groups is 2. The van der Waals surface area contributed by atoms with Crippen molar-refractivity contribution in [1.82, 2.24) is 20.2 Å². The van der Waals surface area contributed by atoms with E-state index in [1.165, 1.54) is 23.5 Å². The van der Waals surface area contributed by atoms with Crippen LogP contribution in [0.3, 0.4) is 0 Å². The van der Waals surface area contributed by atoms with E-state index in [9.17, 15) is 14.0 Å². The summed E-state index contributed by atoms with van der Waals surface area (Å²) in [6.45, 7) is 8.24. The standard InChI is InChI=1S/C28H27FN4O2S.C2H6/c1-17-6-3-9-22(16-31-27(34)23-10-4-7-19-8-5-15-30-24(19)23)33(17)28(35)25-26(36-18(2)32-25)20-11-13-21(29)14-12-20;1-2/h4-5,7-8,10-15,17,22H,3,6,9,16H2,1-2H3,(H,31,34);1-2H3. The summed E-state index contributed by atoms with van der Waals surface area (Å²) in [6, 6.07) is 15.3. The normalized spacial score (nSPS) is 17.0. The largest absolute Gasteiger partial charge is 0.350 e. The summed E-state index contributed by atoms with van der Waals surface area (Å²) in [5.41, 5.74) is 2.32. The predicted molar refractivity (Wildman–Crippen MR) is 151 cm³/mol. The molecule has 0 aliphatic carbocycles. The van der Waals surface area contributed by atoms with Gasteiger partial charge in [0, 0.05) is 30.2 Å². The van der Waals surface area contributed by atoms with Crippen molar-refractivity contribution in [2.75, 3.05) is 6.54 Å². The van der Waals surface area contributed by atoms with Gasteiger partial charge in [0.25, 0.3) is 11.8 Å². The van der Waals surface area contributed by atoms with Crippen LogP contribution in [0, 0.1) is 12.7 Å². The van der Waals surface area contributed by atoms with E-state index in [1.54, 1.807) is 24.4 Å². The molecule has 38 heavy (non-hydrogen) atoms. The maximum absolute atomic E-state index is 13.9. The number of rotatable bonds is 5. The monoisotopic (exact) mass is 532 g/mol. The van der Waals surface area contributed by atoms with Gasteiger partial charge in [0.1, 0.15) is 11.5 Å². The number of amides is 2. The van der Waals surface area contributed by atoms with E-state index in [0.717, 1.165) is 40.1 Å². The molecule has 3 heterocycles. The molecule has 2 aromatic carbocycles. The van der Waals surface area contributed by atoms with Gasteiger partial charge in [-0.1, -0.05) is 44.2 Å². The lowest BCUT2D eigenvalue weighted by Crippen LogP contribution is -2.53. The molecule has 1 N–H and O–H groups in total. The zero-order valence-corrected chi connectivity index (χ0v) is 23.0. The highest BCUT2D eigenvalue weighted by atomic mass is 32.1. The first-order chi connectivity index (χ1) is 18.4. The van der Waals surface area contributed by atoms with Crippen LogP contribution >= 0.6 is 11.3 Å². The van der Waals surface area contributed by atoms with Crippen LogP contribution in [0.15, 0.2) is 60.8 Å². The number of thiazole rings is 1. The Hall–Kier alpha value is -3.65. The summed E-state index contributed by atoms with van der Waals surface area (Å²) in [5, 5.41) is 4.72. The molecule has 0 spiro atoms. The first-order valence-electron chi connectivity index (χ1n) is 13.1. The fourth-order valence-electron chi connectivity index (χ4n) is 4.94. The number of fused-ring (bicyclic) bond motifs is 1. The summed E-state index contributed by atoms with van der Waals surface area (Å²) >= 11 is 1.43. The first kappa shape index (κ1) is 27.4. The summed E-state index contributed by atoms with van der Waals surface area (Å²) in [6.07, 6.45) is 4.33. The van der Waals surface area contributed by atoms with Crippen LogP contribution < -0.4 is 5.32 Å². The second-order valence-corrected chi connectivity index (χ2v) is 10.4. The average molecular weight is 533 g/mol. The summed E-state index contributed by atoms with van der Waals surface area (Å²) < 4.78 is 13.5. The van der Waals surface area contributed by atoms with E-state index in [2.05, 4.69) is 15.3 Å². The number of nitrogens with zero attached hydrogens (tertiary/aromatic N) is 3. The van der Waals surface area contributed by atoms with E-state index in [4.69, 9.17) is 0 Å². The van der Waals surface area contributed by atoms with Crippen molar-refractivity contribution in [3.63, 3.8) is 0 Å². The zero-order chi connectivity index (χ0) is 27.2. The topological polar surface area (TPSA) is 75.2 Å². The van der Waals surface area contributed by atoms with Crippen LogP contribution in [0.25, 0.3) is 21.3 Å². The first-order valence-corrected chi connectivity index (χ1v) is 13.9. The second-order valence-electron chi connectivity index (χ2n) is 9.15. The van der Waals surface area contributed by atoms with E-state index >= 15 is 0 Å². The Balaban J connectivity index is 0.00000164. The molecule has 1 saturated heterocycles. The van der Waals surface area contributed by atoms with E-state index < -0.39 is 0 Å². The van der Waals surface area contributed by atoms with Gasteiger partial charge in [0.15, 0.2) is 0 Å². The number of aryl methyl sites for hydroxylation is 1. The van der Waals surface area contributed by atoms with Gasteiger partial charge in [-0.2, -0.15) is 0 Å². The smallest absolute Gasteiger partial charge is 0.274 e. The number of benzene rings is 2. The van der Waals surface area contributed by atoms with Gasteiger partial charge in [-0.3, -0.25) is 14.6 Å². The maximum Gasteiger partial charge on any atom is 0.274 e. The van der Waals surface area contributed by atoms with Gasteiger partial charge < -0.3 is 10.2 Å². The minimum absolute atomic E-state index is 0.00967. The Bertz CT molecular complexity index is 1410. The Labute approximate surface area is 226 Å². The molecule has 2 unspecified atom stereocenters. The number of likely N-dealkylation sites (tertiary alicyclic amines) is 1. The van der Waals surface area contributed by atoms with E-state index in [1.807, 2.05) is 56.9 Å². The third kappa shape index (κ3) is 5.75. The van der Waals surface area contributed by atoms with Gasteiger partial charge in [-0.25, -0.2) is 9.37 Å². The fourth-order valence-corrected chi connectivity index (χ4v) is 5.85. The maximum atomic E-state index is 13.9. The minimum Gasteiger partial charge on any atom is -0.350 e. The SMILES string of the molecule is CC.Cc1nc(C(=O)N2C(C)CCCC2CNC(=O)c2cccc3cccnc23)c(-c2ccc(F)cc2)s1. The Morgan fingerprint density at radius 2 is 1.82 bits per heavy atom. The molecule has 1 aliphatic heterocycles. The second kappa shape index (κ2) is 12.3. The van der Waals surface area contributed by atoms with Crippen LogP contribution in [0.1, 0.15) is 65.9 Å². The summed E-state index contributed by atoms with van der Waals surface area (Å²) in [7, 11) is 0. The van der Waals surface area contributed by atoms with Crippen molar-refractivity contribution >= 4 is 34.1 Å². The molecule has 1 fully saturated rings. The van der Waals surface area contributed by atoms with Gasteiger partial charge in [0.05, 0.1) is 21.0 Å². The Kier molecular flexibility index (Phi) is 8.84. The number of aromatic nitrogens is 2. The van der Waals surface area contributed by atoms with E-state index in [0.29, 0.717) is 23.3 Å². The van der Waals surface area contributed by atoms with Crippen molar-refractivity contribution in [2.45, 2.75) is 59.0 Å². The molecule has 0 saturated carbocycles. The predicted octanol–water partition coefficient (Wildman–Crippen LogP) is 6.65. The van der Waals surface area contributed by atoms with Gasteiger partial charge in [-0.15, -0.1) is 11.3 Å². The third-order valence-electron chi connectivity index (χ3n) is 6.68. The molecule has 2 amide bonds. The highest BCUT2D eigenvalue weighted by Gasteiger charge is 2.35. The van der Waals surface area contributed by atoms with E-state index in [-0.39, 0.29) is 29.7 Å². The van der Waals surface area contributed by atoms with Crippen molar-refractivity contribution in [2.24, 2.45) is 0 Å². The molecule has 6 nitrogen and oxygen atoms in total. The number of hydrogen-bond donors (Lipinski definition) is 1. The molecule has 8 heteroatoms. The highest BCUT2D eigenvalue weighted by Crippen LogP contribution is 2.33.